The minimum atomic E-state index is -1.41. The monoisotopic (exact) mass is 896 g/mol. The standard InChI is InChI=1S/C38H31N2S.C11H8N.Ir/c1-25(2)20-27-18-19-30-33(24-41-36(30)23-27)38-39-34-16-10-11-17-35(34)40(38)37-31(28-12-6-4-7-13-28)21-26(3)22-32(37)29-14-8-5-9-15-29;1-2-6-10(7-3-1)11-8-4-5-9-12-11;/h4-19,21-23,25H,20H2,1-3H3;1-6,8-9H;/q2*-1;/i20D2;;. The van der Waals surface area contributed by atoms with Crippen LogP contribution < -0.4 is 0 Å². The molecule has 0 unspecified atom stereocenters. The Labute approximate surface area is 338 Å². The van der Waals surface area contributed by atoms with Crippen molar-refractivity contribution >= 4 is 32.5 Å². The van der Waals surface area contributed by atoms with E-state index in [1.165, 1.54) is 16.9 Å². The van der Waals surface area contributed by atoms with Gasteiger partial charge in [0, 0.05) is 40.2 Å². The van der Waals surface area contributed by atoms with Crippen LogP contribution in [0.15, 0.2) is 164 Å². The van der Waals surface area contributed by atoms with Gasteiger partial charge in [-0.3, -0.25) is 16.3 Å². The maximum Gasteiger partial charge on any atom is 0.0774 e. The van der Waals surface area contributed by atoms with Crippen LogP contribution in [0, 0.1) is 24.3 Å². The molecule has 267 valence electrons. The predicted octanol–water partition coefficient (Wildman–Crippen LogP) is 13.1. The topological polar surface area (TPSA) is 30.7 Å². The zero-order valence-electron chi connectivity index (χ0n) is 32.2. The van der Waals surface area contributed by atoms with E-state index in [0.29, 0.717) is 5.56 Å². The molecule has 0 bridgehead atoms. The molecule has 0 saturated heterocycles. The van der Waals surface area contributed by atoms with Gasteiger partial charge in [0.05, 0.1) is 22.5 Å². The average molecular weight is 896 g/mol. The van der Waals surface area contributed by atoms with E-state index in [-0.39, 0.29) is 26.0 Å². The fraction of sp³-hybridized carbons (Fsp3) is 0.102. The van der Waals surface area contributed by atoms with Gasteiger partial charge in [-0.25, -0.2) is 0 Å². The van der Waals surface area contributed by atoms with Crippen molar-refractivity contribution in [3.63, 3.8) is 0 Å². The van der Waals surface area contributed by atoms with Crippen molar-refractivity contribution in [3.8, 4) is 50.6 Å². The van der Waals surface area contributed by atoms with Crippen molar-refractivity contribution in [1.82, 2.24) is 14.5 Å². The Morgan fingerprint density at radius 2 is 1.41 bits per heavy atom. The molecule has 3 nitrogen and oxygen atoms in total. The molecule has 5 heteroatoms. The average Bonchev–Trinajstić information content (AvgIpc) is 3.83. The van der Waals surface area contributed by atoms with E-state index >= 15 is 0 Å². The van der Waals surface area contributed by atoms with Crippen LogP contribution in [-0.4, -0.2) is 14.5 Å². The van der Waals surface area contributed by atoms with Crippen molar-refractivity contribution in [2.45, 2.75) is 27.1 Å². The first-order valence-corrected chi connectivity index (χ1v) is 18.7. The molecule has 54 heavy (non-hydrogen) atoms. The maximum absolute atomic E-state index is 8.66. The molecule has 3 aromatic heterocycles. The van der Waals surface area contributed by atoms with Crippen LogP contribution in [0.2, 0.25) is 0 Å². The van der Waals surface area contributed by atoms with Gasteiger partial charge in [-0.2, -0.15) is 0 Å². The number of aromatic nitrogens is 3. The predicted molar refractivity (Wildman–Crippen MR) is 223 cm³/mol. The molecule has 0 aliphatic heterocycles. The summed E-state index contributed by atoms with van der Waals surface area (Å²) >= 11 is 1.52. The van der Waals surface area contributed by atoms with Gasteiger partial charge in [-0.05, 0) is 71.9 Å². The smallest absolute Gasteiger partial charge is 0.0774 e. The second kappa shape index (κ2) is 16.7. The normalized spacial score (nSPS) is 11.8. The number of aryl methyl sites for hydroxylation is 1. The van der Waals surface area contributed by atoms with Crippen LogP contribution in [0.1, 0.15) is 27.7 Å². The largest absolute Gasteiger partial charge is 0.332 e. The second-order valence-corrected chi connectivity index (χ2v) is 14.1. The summed E-state index contributed by atoms with van der Waals surface area (Å²) in [5.74, 6) is 0.692. The molecule has 0 atom stereocenters. The Morgan fingerprint density at radius 1 is 0.741 bits per heavy atom. The number of hydrogen-bond donors (Lipinski definition) is 0. The van der Waals surface area contributed by atoms with Crippen molar-refractivity contribution in [1.29, 1.82) is 0 Å². The van der Waals surface area contributed by atoms with Gasteiger partial charge in [-0.15, -0.1) is 47.3 Å². The first-order valence-electron chi connectivity index (χ1n) is 18.9. The van der Waals surface area contributed by atoms with Crippen LogP contribution in [0.5, 0.6) is 0 Å². The molecule has 6 aromatic carbocycles. The number of imidazole rings is 1. The Hall–Kier alpha value is -5.45. The van der Waals surface area contributed by atoms with E-state index in [0.717, 1.165) is 71.7 Å². The Morgan fingerprint density at radius 3 is 2.06 bits per heavy atom. The Bertz CT molecular complexity index is 2610. The summed E-state index contributed by atoms with van der Waals surface area (Å²) in [6.07, 6.45) is 0.374. The SMILES string of the molecule is [2H]C([2H])(c1ccc2c(-c3nc4ccccc4n3-c3c(-c4ccccc4)cc(C)cc3-c3ccccc3)[c-]sc2c1)C(C)C.[Ir].[c-]1ccccc1-c1ccccn1. The Kier molecular flexibility index (Phi) is 10.6. The Balaban J connectivity index is 0.000000315. The maximum atomic E-state index is 8.66. The third-order valence-corrected chi connectivity index (χ3v) is 9.91. The fourth-order valence-electron chi connectivity index (χ4n) is 6.75. The van der Waals surface area contributed by atoms with E-state index in [4.69, 9.17) is 7.73 Å². The molecule has 0 amide bonds. The molecule has 1 radical (unpaired) electrons. The van der Waals surface area contributed by atoms with Crippen molar-refractivity contribution in [2.75, 3.05) is 0 Å². The van der Waals surface area contributed by atoms with Crippen molar-refractivity contribution < 1.29 is 22.8 Å². The summed E-state index contributed by atoms with van der Waals surface area (Å²) < 4.78 is 20.6. The van der Waals surface area contributed by atoms with Gasteiger partial charge < -0.3 is 9.55 Å². The van der Waals surface area contributed by atoms with E-state index < -0.39 is 6.37 Å². The molecule has 0 spiro atoms. The van der Waals surface area contributed by atoms with Crippen molar-refractivity contribution in [3.05, 3.63) is 186 Å². The van der Waals surface area contributed by atoms with Crippen molar-refractivity contribution in [2.24, 2.45) is 5.92 Å². The number of rotatable bonds is 7. The third-order valence-electron chi connectivity index (χ3n) is 9.05. The molecule has 3 heterocycles. The van der Waals surface area contributed by atoms with Gasteiger partial charge >= 0.3 is 0 Å². The summed E-state index contributed by atoms with van der Waals surface area (Å²) in [6.45, 7) is 6.01. The van der Waals surface area contributed by atoms with Gasteiger partial charge in [0.25, 0.3) is 0 Å². The second-order valence-electron chi connectivity index (χ2n) is 13.3. The van der Waals surface area contributed by atoms with Crippen LogP contribution in [-0.2, 0) is 26.5 Å². The van der Waals surface area contributed by atoms with E-state index in [1.807, 2.05) is 80.6 Å². The zero-order chi connectivity index (χ0) is 37.9. The first-order chi connectivity index (χ1) is 26.8. The molecule has 0 N–H and O–H groups in total. The summed E-state index contributed by atoms with van der Waals surface area (Å²) in [6, 6.07) is 56.8. The molecule has 9 aromatic rings. The van der Waals surface area contributed by atoms with E-state index in [2.05, 4.69) is 119 Å². The number of hydrogen-bond acceptors (Lipinski definition) is 3. The zero-order valence-corrected chi connectivity index (χ0v) is 33.5. The summed E-state index contributed by atoms with van der Waals surface area (Å²) in [5, 5.41) is 4.60. The summed E-state index contributed by atoms with van der Waals surface area (Å²) in [7, 11) is 0. The first kappa shape index (κ1) is 34.3. The van der Waals surface area contributed by atoms with Crippen LogP contribution in [0.3, 0.4) is 0 Å². The number of thiophene rings is 1. The van der Waals surface area contributed by atoms with E-state index in [1.54, 1.807) is 6.20 Å². The molecular weight excluding hydrogens is 855 g/mol. The molecule has 9 rings (SSSR count). The number of para-hydroxylation sites is 2. The number of nitrogens with zero attached hydrogens (tertiary/aromatic N) is 3. The van der Waals surface area contributed by atoms with Gasteiger partial charge in [0.15, 0.2) is 0 Å². The summed E-state index contributed by atoms with van der Waals surface area (Å²) in [5.41, 5.74) is 12.4. The van der Waals surface area contributed by atoms with Gasteiger partial charge in [0.2, 0.25) is 0 Å². The van der Waals surface area contributed by atoms with Gasteiger partial charge in [0.1, 0.15) is 0 Å². The van der Waals surface area contributed by atoms with E-state index in [9.17, 15) is 0 Å². The molecule has 0 fully saturated rings. The number of benzene rings is 6. The fourth-order valence-corrected chi connectivity index (χ4v) is 7.63. The molecule has 0 aliphatic rings. The minimum Gasteiger partial charge on any atom is -0.332 e. The molecule has 0 aliphatic carbocycles. The van der Waals surface area contributed by atoms with Crippen LogP contribution in [0.25, 0.3) is 71.7 Å². The number of fused-ring (bicyclic) bond motifs is 2. The third kappa shape index (κ3) is 7.76. The minimum absolute atomic E-state index is 0. The molecular formula is C49H39IrN3S-2. The number of pyridine rings is 1. The molecule has 0 saturated carbocycles. The quantitative estimate of drug-likeness (QED) is 0.149. The van der Waals surface area contributed by atoms with Crippen LogP contribution >= 0.6 is 11.3 Å². The summed E-state index contributed by atoms with van der Waals surface area (Å²) in [4.78, 5) is 9.46. The van der Waals surface area contributed by atoms with Gasteiger partial charge in [-0.1, -0.05) is 132 Å². The van der Waals surface area contributed by atoms with Crippen LogP contribution in [0.4, 0.5) is 0 Å².